The lowest BCUT2D eigenvalue weighted by Gasteiger charge is -2.13. The highest BCUT2D eigenvalue weighted by Gasteiger charge is 2.15. The molecule has 7 nitrogen and oxygen atoms in total. The third-order valence-electron chi connectivity index (χ3n) is 5.37. The molecule has 3 rings (SSSR count). The number of benzene rings is 1. The summed E-state index contributed by atoms with van der Waals surface area (Å²) in [5.74, 6) is 2.41. The van der Waals surface area contributed by atoms with Gasteiger partial charge in [0.25, 0.3) is 0 Å². The van der Waals surface area contributed by atoms with Gasteiger partial charge in [0, 0.05) is 23.4 Å². The van der Waals surface area contributed by atoms with E-state index in [1.165, 1.54) is 0 Å². The van der Waals surface area contributed by atoms with Gasteiger partial charge in [-0.05, 0) is 70.4 Å². The molecule has 0 aliphatic rings. The summed E-state index contributed by atoms with van der Waals surface area (Å²) in [4.78, 5) is 21.1. The second-order valence-electron chi connectivity index (χ2n) is 7.45. The van der Waals surface area contributed by atoms with Crippen LogP contribution in [-0.2, 0) is 4.79 Å². The van der Waals surface area contributed by atoms with Crippen LogP contribution in [0, 0.1) is 33.6 Å². The Hall–Kier alpha value is -3.22. The van der Waals surface area contributed by atoms with Crippen LogP contribution in [0.2, 0.25) is 0 Å². The summed E-state index contributed by atoms with van der Waals surface area (Å²) in [5, 5.41) is 7.52. The zero-order valence-electron chi connectivity index (χ0n) is 18.5. The summed E-state index contributed by atoms with van der Waals surface area (Å²) >= 11 is 0. The molecule has 0 aliphatic carbocycles. The summed E-state index contributed by atoms with van der Waals surface area (Å²) in [6.45, 7) is 11.9. The van der Waals surface area contributed by atoms with Crippen molar-refractivity contribution >= 4 is 11.6 Å². The largest absolute Gasteiger partial charge is 0.439 e. The summed E-state index contributed by atoms with van der Waals surface area (Å²) in [6.07, 6.45) is 1.65. The van der Waals surface area contributed by atoms with Crippen LogP contribution in [0.5, 0.6) is 11.6 Å². The molecule has 0 radical (unpaired) electrons. The SMILES string of the molecule is CCC(CC)C(=O)Nc1ccc(Oc2cc(-n3nc(C)c(C)c3C)nc(C)n2)cc1. The molecule has 158 valence electrons. The van der Waals surface area contributed by atoms with E-state index in [0.29, 0.717) is 23.3 Å². The standard InChI is InChI=1S/C23H29N5O2/c1-7-18(8-2)23(29)26-19-9-11-20(12-10-19)30-22-13-21(24-17(6)25-22)28-16(5)14(3)15(4)27-28/h9-13,18H,7-8H2,1-6H3,(H,26,29). The van der Waals surface area contributed by atoms with Crippen LogP contribution in [-0.4, -0.2) is 25.7 Å². The van der Waals surface area contributed by atoms with Gasteiger partial charge in [0.15, 0.2) is 5.82 Å². The maximum absolute atomic E-state index is 12.2. The van der Waals surface area contributed by atoms with Gasteiger partial charge in [-0.2, -0.15) is 10.1 Å². The summed E-state index contributed by atoms with van der Waals surface area (Å²) in [5.41, 5.74) is 3.89. The predicted molar refractivity (Wildman–Crippen MR) is 117 cm³/mol. The highest BCUT2D eigenvalue weighted by Crippen LogP contribution is 2.24. The smallest absolute Gasteiger partial charge is 0.227 e. The van der Waals surface area contributed by atoms with Crippen molar-refractivity contribution in [3.05, 3.63) is 53.1 Å². The van der Waals surface area contributed by atoms with E-state index in [-0.39, 0.29) is 11.8 Å². The van der Waals surface area contributed by atoms with Gasteiger partial charge in [-0.15, -0.1) is 0 Å². The van der Waals surface area contributed by atoms with E-state index >= 15 is 0 Å². The topological polar surface area (TPSA) is 81.9 Å². The molecule has 1 amide bonds. The van der Waals surface area contributed by atoms with Gasteiger partial charge >= 0.3 is 0 Å². The predicted octanol–water partition coefficient (Wildman–Crippen LogP) is 5.06. The van der Waals surface area contributed by atoms with Crippen molar-refractivity contribution in [1.29, 1.82) is 0 Å². The number of ether oxygens (including phenoxy) is 1. The first kappa shape index (κ1) is 21.5. The molecule has 0 atom stereocenters. The molecule has 0 aliphatic heterocycles. The van der Waals surface area contributed by atoms with Gasteiger partial charge in [-0.1, -0.05) is 13.8 Å². The zero-order valence-corrected chi connectivity index (χ0v) is 18.5. The van der Waals surface area contributed by atoms with Crippen LogP contribution >= 0.6 is 0 Å². The molecular weight excluding hydrogens is 378 g/mol. The summed E-state index contributed by atoms with van der Waals surface area (Å²) in [6, 6.07) is 9.05. The number of carbonyl (C=O) groups excluding carboxylic acids is 1. The van der Waals surface area contributed by atoms with Crippen molar-refractivity contribution < 1.29 is 9.53 Å². The maximum Gasteiger partial charge on any atom is 0.227 e. The number of anilines is 1. The summed E-state index contributed by atoms with van der Waals surface area (Å²) < 4.78 is 7.75. The van der Waals surface area contributed by atoms with Gasteiger partial charge in [0.05, 0.1) is 5.69 Å². The van der Waals surface area contributed by atoms with Gasteiger partial charge < -0.3 is 10.1 Å². The highest BCUT2D eigenvalue weighted by atomic mass is 16.5. The highest BCUT2D eigenvalue weighted by molar-refractivity contribution is 5.92. The number of nitrogens with zero attached hydrogens (tertiary/aromatic N) is 4. The number of hydrogen-bond donors (Lipinski definition) is 1. The Labute approximate surface area is 177 Å². The second kappa shape index (κ2) is 9.07. The maximum atomic E-state index is 12.2. The van der Waals surface area contributed by atoms with E-state index < -0.39 is 0 Å². The molecular formula is C23H29N5O2. The fraction of sp³-hybridized carbons (Fsp3) is 0.391. The third kappa shape index (κ3) is 4.67. The van der Waals surface area contributed by atoms with Crippen molar-refractivity contribution in [3.63, 3.8) is 0 Å². The van der Waals surface area contributed by atoms with Crippen LogP contribution < -0.4 is 10.1 Å². The van der Waals surface area contributed by atoms with E-state index in [9.17, 15) is 4.79 Å². The number of nitrogens with one attached hydrogen (secondary N) is 1. The molecule has 0 spiro atoms. The molecule has 0 bridgehead atoms. The zero-order chi connectivity index (χ0) is 21.8. The molecule has 30 heavy (non-hydrogen) atoms. The molecule has 0 fully saturated rings. The van der Waals surface area contributed by atoms with Crippen molar-refractivity contribution in [2.45, 2.75) is 54.4 Å². The average Bonchev–Trinajstić information content (AvgIpc) is 2.97. The first-order valence-corrected chi connectivity index (χ1v) is 10.3. The van der Waals surface area contributed by atoms with Crippen LogP contribution in [0.4, 0.5) is 5.69 Å². The Morgan fingerprint density at radius 2 is 1.73 bits per heavy atom. The van der Waals surface area contributed by atoms with E-state index in [4.69, 9.17) is 4.74 Å². The van der Waals surface area contributed by atoms with Crippen molar-refractivity contribution in [2.24, 2.45) is 5.92 Å². The number of aryl methyl sites for hydroxylation is 2. The van der Waals surface area contributed by atoms with Crippen LogP contribution in [0.3, 0.4) is 0 Å². The number of amides is 1. The van der Waals surface area contributed by atoms with Gasteiger partial charge in [-0.25, -0.2) is 9.67 Å². The Morgan fingerprint density at radius 1 is 1.07 bits per heavy atom. The average molecular weight is 408 g/mol. The van der Waals surface area contributed by atoms with E-state index in [1.807, 2.05) is 70.5 Å². The first-order chi connectivity index (χ1) is 14.3. The molecule has 0 saturated heterocycles. The van der Waals surface area contributed by atoms with Crippen LogP contribution in [0.15, 0.2) is 30.3 Å². The Balaban J connectivity index is 1.77. The molecule has 1 N–H and O–H groups in total. The quantitative estimate of drug-likeness (QED) is 0.592. The Bertz CT molecular complexity index is 1040. The van der Waals surface area contributed by atoms with Gasteiger partial charge in [-0.3, -0.25) is 4.79 Å². The lowest BCUT2D eigenvalue weighted by Crippen LogP contribution is -2.21. The molecule has 0 unspecified atom stereocenters. The lowest BCUT2D eigenvalue weighted by atomic mass is 10.0. The Kier molecular flexibility index (Phi) is 6.50. The van der Waals surface area contributed by atoms with Gasteiger partial charge in [0.2, 0.25) is 11.8 Å². The van der Waals surface area contributed by atoms with E-state index in [1.54, 1.807) is 6.07 Å². The number of aromatic nitrogens is 4. The normalized spacial score (nSPS) is 11.0. The van der Waals surface area contributed by atoms with Crippen molar-refractivity contribution in [1.82, 2.24) is 19.7 Å². The fourth-order valence-corrected chi connectivity index (χ4v) is 3.26. The third-order valence-corrected chi connectivity index (χ3v) is 5.37. The van der Waals surface area contributed by atoms with Crippen LogP contribution in [0.25, 0.3) is 5.82 Å². The minimum atomic E-state index is 0.0290. The molecule has 1 aromatic carbocycles. The van der Waals surface area contributed by atoms with Crippen molar-refractivity contribution in [2.75, 3.05) is 5.32 Å². The molecule has 2 heterocycles. The fourth-order valence-electron chi connectivity index (χ4n) is 3.26. The van der Waals surface area contributed by atoms with Crippen LogP contribution in [0.1, 0.15) is 49.5 Å². The number of rotatable bonds is 7. The minimum absolute atomic E-state index is 0.0290. The second-order valence-corrected chi connectivity index (χ2v) is 7.45. The first-order valence-electron chi connectivity index (χ1n) is 10.3. The number of hydrogen-bond acceptors (Lipinski definition) is 5. The summed E-state index contributed by atoms with van der Waals surface area (Å²) in [7, 11) is 0. The number of carbonyl (C=O) groups is 1. The monoisotopic (exact) mass is 407 g/mol. The van der Waals surface area contributed by atoms with E-state index in [2.05, 4.69) is 20.4 Å². The molecule has 0 saturated carbocycles. The van der Waals surface area contributed by atoms with E-state index in [0.717, 1.165) is 35.5 Å². The minimum Gasteiger partial charge on any atom is -0.439 e. The molecule has 3 aromatic rings. The lowest BCUT2D eigenvalue weighted by molar-refractivity contribution is -0.120. The van der Waals surface area contributed by atoms with Crippen molar-refractivity contribution in [3.8, 4) is 17.4 Å². The Morgan fingerprint density at radius 3 is 2.30 bits per heavy atom. The van der Waals surface area contributed by atoms with Gasteiger partial charge in [0.1, 0.15) is 11.6 Å². The molecule has 2 aromatic heterocycles. The molecule has 7 heteroatoms.